The molecular formula is C19H18O3. The first-order valence-corrected chi connectivity index (χ1v) is 7.63. The quantitative estimate of drug-likeness (QED) is 0.864. The Bertz CT molecular complexity index is 738. The number of fused-ring (bicyclic) bond motifs is 5. The highest BCUT2D eigenvalue weighted by molar-refractivity contribution is 5.89. The Kier molecular flexibility index (Phi) is 2.88. The second-order valence-corrected chi connectivity index (χ2v) is 6.31. The molecule has 3 atom stereocenters. The molecule has 0 radical (unpaired) electrons. The van der Waals surface area contributed by atoms with Gasteiger partial charge >= 0.3 is 5.97 Å². The zero-order chi connectivity index (χ0) is 15.3. The zero-order valence-corrected chi connectivity index (χ0v) is 12.5. The van der Waals surface area contributed by atoms with Gasteiger partial charge in [-0.25, -0.2) is 4.79 Å². The van der Waals surface area contributed by atoms with E-state index in [-0.39, 0.29) is 11.9 Å². The first-order valence-electron chi connectivity index (χ1n) is 7.63. The third-order valence-corrected chi connectivity index (χ3v) is 5.25. The highest BCUT2D eigenvalue weighted by Gasteiger charge is 2.53. The smallest absolute Gasteiger partial charge is 0.337 e. The van der Waals surface area contributed by atoms with Crippen molar-refractivity contribution in [3.05, 3.63) is 70.8 Å². The van der Waals surface area contributed by atoms with Gasteiger partial charge in [0.2, 0.25) is 0 Å². The molecule has 112 valence electrons. The number of esters is 1. The van der Waals surface area contributed by atoms with Crippen LogP contribution in [0.2, 0.25) is 0 Å². The SMILES string of the molecule is COC(=O)c1ccc2c(c1)[C@@H]1C[C@H]2C[C@]1(O)c1ccccc1. The predicted molar refractivity (Wildman–Crippen MR) is 82.8 cm³/mol. The number of methoxy groups -OCH3 is 1. The maximum atomic E-state index is 11.8. The van der Waals surface area contributed by atoms with Crippen LogP contribution in [0.5, 0.6) is 0 Å². The summed E-state index contributed by atoms with van der Waals surface area (Å²) in [5.41, 5.74) is 3.08. The molecule has 2 aliphatic rings. The van der Waals surface area contributed by atoms with Crippen LogP contribution in [0.4, 0.5) is 0 Å². The molecule has 0 aromatic heterocycles. The van der Waals surface area contributed by atoms with Gasteiger partial charge < -0.3 is 9.84 Å². The van der Waals surface area contributed by atoms with Gasteiger partial charge in [0.25, 0.3) is 0 Å². The van der Waals surface area contributed by atoms with Crippen LogP contribution in [0.1, 0.15) is 51.7 Å². The van der Waals surface area contributed by atoms with Crippen LogP contribution in [-0.2, 0) is 10.3 Å². The largest absolute Gasteiger partial charge is 0.465 e. The van der Waals surface area contributed by atoms with E-state index >= 15 is 0 Å². The number of ether oxygens (including phenoxy) is 1. The van der Waals surface area contributed by atoms with Gasteiger partial charge in [0.05, 0.1) is 18.3 Å². The predicted octanol–water partition coefficient (Wildman–Crippen LogP) is 3.34. The van der Waals surface area contributed by atoms with Crippen LogP contribution < -0.4 is 0 Å². The Balaban J connectivity index is 1.79. The maximum Gasteiger partial charge on any atom is 0.337 e. The monoisotopic (exact) mass is 294 g/mol. The first-order chi connectivity index (χ1) is 10.6. The molecule has 2 bridgehead atoms. The van der Waals surface area contributed by atoms with Crippen molar-refractivity contribution in [3.8, 4) is 0 Å². The van der Waals surface area contributed by atoms with E-state index in [0.717, 1.165) is 24.0 Å². The average Bonchev–Trinajstić information content (AvgIpc) is 3.10. The molecule has 1 N–H and O–H groups in total. The molecule has 22 heavy (non-hydrogen) atoms. The molecule has 4 rings (SSSR count). The maximum absolute atomic E-state index is 11.8. The molecule has 0 spiro atoms. The van der Waals surface area contributed by atoms with Crippen molar-refractivity contribution in [1.82, 2.24) is 0 Å². The summed E-state index contributed by atoms with van der Waals surface area (Å²) in [5, 5.41) is 11.3. The lowest BCUT2D eigenvalue weighted by Gasteiger charge is -2.34. The van der Waals surface area contributed by atoms with E-state index in [1.807, 2.05) is 48.5 Å². The van der Waals surface area contributed by atoms with Gasteiger partial charge in [-0.2, -0.15) is 0 Å². The van der Waals surface area contributed by atoms with E-state index in [2.05, 4.69) is 0 Å². The molecule has 1 saturated carbocycles. The summed E-state index contributed by atoms with van der Waals surface area (Å²) in [5.74, 6) is 0.102. The van der Waals surface area contributed by atoms with Crippen molar-refractivity contribution in [3.63, 3.8) is 0 Å². The molecule has 0 heterocycles. The summed E-state index contributed by atoms with van der Waals surface area (Å²) < 4.78 is 4.81. The van der Waals surface area contributed by atoms with Crippen molar-refractivity contribution in [2.45, 2.75) is 30.3 Å². The molecular weight excluding hydrogens is 276 g/mol. The Labute approximate surface area is 129 Å². The van der Waals surface area contributed by atoms with Gasteiger partial charge in [0.1, 0.15) is 0 Å². The third-order valence-electron chi connectivity index (χ3n) is 5.25. The fourth-order valence-corrected chi connectivity index (χ4v) is 4.24. The van der Waals surface area contributed by atoms with Crippen molar-refractivity contribution < 1.29 is 14.6 Å². The van der Waals surface area contributed by atoms with Gasteiger partial charge in [-0.15, -0.1) is 0 Å². The number of carbonyl (C=O) groups is 1. The molecule has 2 aromatic rings. The number of aliphatic hydroxyl groups is 1. The topological polar surface area (TPSA) is 46.5 Å². The average molecular weight is 294 g/mol. The summed E-state index contributed by atoms with van der Waals surface area (Å²) in [6.07, 6.45) is 1.71. The standard InChI is InChI=1S/C19H18O3/c1-22-18(20)12-7-8-15-13-10-17(16(15)9-12)19(21,11-13)14-5-3-2-4-6-14/h2-9,13,17,21H,10-11H2,1H3/t13-,17-,19-/m0/s1. The Morgan fingerprint density at radius 3 is 2.68 bits per heavy atom. The van der Waals surface area contributed by atoms with Crippen molar-refractivity contribution in [2.75, 3.05) is 7.11 Å². The van der Waals surface area contributed by atoms with Gasteiger partial charge in [-0.05, 0) is 47.6 Å². The normalized spacial score (nSPS) is 28.5. The fraction of sp³-hybridized carbons (Fsp3) is 0.316. The number of hydrogen-bond acceptors (Lipinski definition) is 3. The lowest BCUT2D eigenvalue weighted by molar-refractivity contribution is 0.0208. The van der Waals surface area contributed by atoms with Crippen LogP contribution in [0.3, 0.4) is 0 Å². The van der Waals surface area contributed by atoms with E-state index in [1.165, 1.54) is 12.7 Å². The van der Waals surface area contributed by atoms with E-state index in [1.54, 1.807) is 0 Å². The number of benzene rings is 2. The molecule has 2 aliphatic carbocycles. The summed E-state index contributed by atoms with van der Waals surface area (Å²) >= 11 is 0. The van der Waals surface area contributed by atoms with Gasteiger partial charge in [-0.3, -0.25) is 0 Å². The number of carbonyl (C=O) groups excluding carboxylic acids is 1. The Morgan fingerprint density at radius 1 is 1.18 bits per heavy atom. The zero-order valence-electron chi connectivity index (χ0n) is 12.5. The van der Waals surface area contributed by atoms with Gasteiger partial charge in [0.15, 0.2) is 0 Å². The van der Waals surface area contributed by atoms with Crippen molar-refractivity contribution >= 4 is 5.97 Å². The van der Waals surface area contributed by atoms with E-state index in [9.17, 15) is 9.90 Å². The second kappa shape index (κ2) is 4.68. The Hall–Kier alpha value is -2.13. The summed E-state index contributed by atoms with van der Waals surface area (Å²) in [7, 11) is 1.39. The van der Waals surface area contributed by atoms with Gasteiger partial charge in [-0.1, -0.05) is 36.4 Å². The lowest BCUT2D eigenvalue weighted by Crippen LogP contribution is -2.31. The summed E-state index contributed by atoms with van der Waals surface area (Å²) in [4.78, 5) is 11.8. The van der Waals surface area contributed by atoms with Crippen LogP contribution >= 0.6 is 0 Å². The minimum absolute atomic E-state index is 0.0551. The van der Waals surface area contributed by atoms with Crippen LogP contribution in [0.25, 0.3) is 0 Å². The fourth-order valence-electron chi connectivity index (χ4n) is 4.24. The molecule has 3 heteroatoms. The van der Waals surface area contributed by atoms with Crippen molar-refractivity contribution in [1.29, 1.82) is 0 Å². The molecule has 0 amide bonds. The summed E-state index contributed by atoms with van der Waals surface area (Å²) in [6.45, 7) is 0. The lowest BCUT2D eigenvalue weighted by atomic mass is 9.75. The molecule has 0 aliphatic heterocycles. The molecule has 3 nitrogen and oxygen atoms in total. The highest BCUT2D eigenvalue weighted by Crippen LogP contribution is 2.61. The summed E-state index contributed by atoms with van der Waals surface area (Å²) in [6, 6.07) is 15.6. The minimum Gasteiger partial charge on any atom is -0.465 e. The van der Waals surface area contributed by atoms with Crippen LogP contribution in [0.15, 0.2) is 48.5 Å². The number of rotatable bonds is 2. The van der Waals surface area contributed by atoms with Crippen molar-refractivity contribution in [2.24, 2.45) is 0 Å². The minimum atomic E-state index is -0.826. The highest BCUT2D eigenvalue weighted by atomic mass is 16.5. The molecule has 2 aromatic carbocycles. The Morgan fingerprint density at radius 2 is 1.95 bits per heavy atom. The molecule has 0 saturated heterocycles. The van der Waals surface area contributed by atoms with Crippen LogP contribution in [0, 0.1) is 0 Å². The first kappa shape index (κ1) is 13.5. The number of hydrogen-bond donors (Lipinski definition) is 1. The van der Waals surface area contributed by atoms with Gasteiger partial charge in [0, 0.05) is 5.92 Å². The second-order valence-electron chi connectivity index (χ2n) is 6.31. The third kappa shape index (κ3) is 1.75. The molecule has 1 fully saturated rings. The van der Waals surface area contributed by atoms with E-state index in [4.69, 9.17) is 4.74 Å². The van der Waals surface area contributed by atoms with E-state index in [0.29, 0.717) is 11.5 Å². The molecule has 0 unspecified atom stereocenters. The van der Waals surface area contributed by atoms with E-state index < -0.39 is 5.60 Å². The van der Waals surface area contributed by atoms with Crippen LogP contribution in [-0.4, -0.2) is 18.2 Å².